The van der Waals surface area contributed by atoms with Crippen molar-refractivity contribution in [2.45, 2.75) is 121 Å². The van der Waals surface area contributed by atoms with Gasteiger partial charge < -0.3 is 29.7 Å². The number of sulfonamides is 1. The fourth-order valence-electron chi connectivity index (χ4n) is 7.30. The van der Waals surface area contributed by atoms with Gasteiger partial charge in [0.2, 0.25) is 28.1 Å². The molecule has 4 bridgehead atoms. The van der Waals surface area contributed by atoms with Crippen molar-refractivity contribution in [2.24, 2.45) is 11.3 Å². The molecule has 6 atom stereocenters. The number of fused-ring (bicyclic) bond motifs is 3. The van der Waals surface area contributed by atoms with Gasteiger partial charge in [0, 0.05) is 18.9 Å². The molecule has 18 heteroatoms. The molecule has 1 aromatic carbocycles. The predicted molar refractivity (Wildman–Crippen MR) is 205 cm³/mol. The zero-order valence-electron chi connectivity index (χ0n) is 33.1. The van der Waals surface area contributed by atoms with Crippen LogP contribution < -0.4 is 20.7 Å². The van der Waals surface area contributed by atoms with Gasteiger partial charge in [-0.15, -0.1) is 6.58 Å². The monoisotopic (exact) mass is 812 g/mol. The molecule has 17 nitrogen and oxygen atoms in total. The van der Waals surface area contributed by atoms with Crippen molar-refractivity contribution < 1.29 is 51.4 Å². The van der Waals surface area contributed by atoms with E-state index in [0.29, 0.717) is 12.8 Å². The number of amides is 6. The highest BCUT2D eigenvalue weighted by Crippen LogP contribution is 2.45. The summed E-state index contributed by atoms with van der Waals surface area (Å²) in [4.78, 5) is 85.7. The lowest BCUT2D eigenvalue weighted by molar-refractivity contribution is -0.147. The Morgan fingerprint density at radius 2 is 1.79 bits per heavy atom. The molecule has 1 saturated heterocycles. The fraction of sp³-hybridized carbons (Fsp3) is 0.590. The Morgan fingerprint density at radius 1 is 1.07 bits per heavy atom. The van der Waals surface area contributed by atoms with Crippen molar-refractivity contribution in [3.8, 4) is 0 Å². The van der Waals surface area contributed by atoms with Crippen LogP contribution in [0.15, 0.2) is 36.9 Å². The minimum Gasteiger partial charge on any atom is -0.444 e. The number of carbonyl (C=O) groups is 6. The minimum absolute atomic E-state index is 0.0758. The Labute approximate surface area is 332 Å². The second-order valence-electron chi connectivity index (χ2n) is 17.3. The van der Waals surface area contributed by atoms with E-state index in [-0.39, 0.29) is 39.1 Å². The van der Waals surface area contributed by atoms with Gasteiger partial charge in [0.15, 0.2) is 0 Å². The molecule has 0 radical (unpaired) electrons. The molecule has 2 saturated carbocycles. The zero-order chi connectivity index (χ0) is 41.7. The molecule has 0 spiro atoms. The number of rotatable bonds is 7. The van der Waals surface area contributed by atoms with E-state index in [1.165, 1.54) is 15.9 Å². The van der Waals surface area contributed by atoms with Crippen LogP contribution in [0.4, 0.5) is 9.59 Å². The summed E-state index contributed by atoms with van der Waals surface area (Å²) in [6, 6.07) is 2.98. The lowest BCUT2D eigenvalue weighted by Gasteiger charge is -2.36. The molecule has 0 unspecified atom stereocenters. The van der Waals surface area contributed by atoms with Crippen LogP contribution in [0.25, 0.3) is 6.08 Å². The molecule has 0 aromatic heterocycles. The van der Waals surface area contributed by atoms with Crippen LogP contribution >= 0.6 is 0 Å². The van der Waals surface area contributed by atoms with Gasteiger partial charge in [-0.3, -0.25) is 34.1 Å². The van der Waals surface area contributed by atoms with Gasteiger partial charge in [-0.2, -0.15) is 0 Å². The van der Waals surface area contributed by atoms with Gasteiger partial charge >= 0.3 is 12.2 Å². The molecule has 3 fully saturated rings. The minimum atomic E-state index is -3.96. The van der Waals surface area contributed by atoms with Crippen LogP contribution in [0.2, 0.25) is 0 Å². The topological polar surface area (TPSA) is 219 Å². The number of hydrogen-bond donors (Lipinski definition) is 4. The number of hydrogen-bond acceptors (Lipinski definition) is 11. The lowest BCUT2D eigenvalue weighted by atomic mass is 9.85. The van der Waals surface area contributed by atoms with Crippen molar-refractivity contribution in [3.05, 3.63) is 53.6 Å². The zero-order valence-corrected chi connectivity index (χ0v) is 33.9. The summed E-state index contributed by atoms with van der Waals surface area (Å²) in [5.41, 5.74) is -0.966. The van der Waals surface area contributed by atoms with Crippen LogP contribution in [0, 0.1) is 11.3 Å². The quantitative estimate of drug-likeness (QED) is 0.293. The summed E-state index contributed by atoms with van der Waals surface area (Å²) in [6.07, 6.45) is 1.46. The standard InChI is InChI=1S/C39H52N6O11S/c1-8-24-18-39(24,34(49)43-57(52,53)26-14-15-26)42-30(46)28-17-25-20-45(28)33(48)29(37(2,3)4)40-31(47)32(41-35(50)56-38(5,6)7)54-16-10-13-22-11-9-12-23-19-44(21-27(22)23)36(51)55-25/h8-13,24-26,28-29,32H,1,14-21H2,2-7H3,(H,40,47)(H,41,50)(H,42,46)(H,43,49)/b13-10+/t24-,25-,28+,29-,32-,39-/m1/s1. The molecule has 3 heterocycles. The van der Waals surface area contributed by atoms with E-state index in [4.69, 9.17) is 14.2 Å². The second kappa shape index (κ2) is 15.4. The van der Waals surface area contributed by atoms with Gasteiger partial charge in [-0.1, -0.05) is 57.2 Å². The smallest absolute Gasteiger partial charge is 0.410 e. The van der Waals surface area contributed by atoms with Crippen molar-refractivity contribution in [2.75, 3.05) is 13.2 Å². The average Bonchev–Trinajstić information content (AvgIpc) is 4.00. The highest BCUT2D eigenvalue weighted by atomic mass is 32.2. The highest BCUT2D eigenvalue weighted by Gasteiger charge is 2.62. The summed E-state index contributed by atoms with van der Waals surface area (Å²) in [5.74, 6) is -3.87. The van der Waals surface area contributed by atoms with E-state index in [1.54, 1.807) is 53.7 Å². The number of carbonyl (C=O) groups excluding carboxylic acids is 6. The third-order valence-electron chi connectivity index (χ3n) is 10.6. The van der Waals surface area contributed by atoms with E-state index >= 15 is 0 Å². The largest absolute Gasteiger partial charge is 0.444 e. The fourth-order valence-corrected chi connectivity index (χ4v) is 8.66. The summed E-state index contributed by atoms with van der Waals surface area (Å²) in [7, 11) is -3.96. The molecule has 6 amide bonds. The number of nitrogens with zero attached hydrogens (tertiary/aromatic N) is 2. The maximum absolute atomic E-state index is 14.7. The first-order valence-electron chi connectivity index (χ1n) is 19.1. The van der Waals surface area contributed by atoms with Crippen molar-refractivity contribution >= 4 is 51.9 Å². The van der Waals surface area contributed by atoms with Crippen LogP contribution in [-0.2, 0) is 56.5 Å². The number of nitrogens with one attached hydrogen (secondary N) is 4. The maximum atomic E-state index is 14.7. The molecule has 3 aliphatic heterocycles. The highest BCUT2D eigenvalue weighted by molar-refractivity contribution is 7.91. The molecule has 57 heavy (non-hydrogen) atoms. The van der Waals surface area contributed by atoms with E-state index in [9.17, 15) is 37.2 Å². The Balaban J connectivity index is 1.32. The number of ether oxygens (including phenoxy) is 3. The van der Waals surface area contributed by atoms with Crippen molar-refractivity contribution in [1.29, 1.82) is 0 Å². The van der Waals surface area contributed by atoms with Crippen LogP contribution in [0.5, 0.6) is 0 Å². The first-order valence-corrected chi connectivity index (χ1v) is 20.6. The first kappa shape index (κ1) is 41.7. The average molecular weight is 813 g/mol. The van der Waals surface area contributed by atoms with E-state index in [2.05, 4.69) is 27.3 Å². The summed E-state index contributed by atoms with van der Waals surface area (Å²) >= 11 is 0. The van der Waals surface area contributed by atoms with Crippen molar-refractivity contribution in [3.63, 3.8) is 0 Å². The predicted octanol–water partition coefficient (Wildman–Crippen LogP) is 2.20. The molecule has 1 aromatic rings. The number of benzene rings is 1. The first-order chi connectivity index (χ1) is 26.6. The molecular formula is C39H52N6O11S. The van der Waals surface area contributed by atoms with Gasteiger partial charge in [0.1, 0.15) is 29.3 Å². The Hall–Kier alpha value is -4.97. The molecule has 2 aliphatic carbocycles. The number of alkyl carbamates (subject to hydrolysis) is 1. The molecule has 310 valence electrons. The Morgan fingerprint density at radius 3 is 2.42 bits per heavy atom. The third kappa shape index (κ3) is 9.27. The van der Waals surface area contributed by atoms with Gasteiger partial charge in [0.25, 0.3) is 11.8 Å². The van der Waals surface area contributed by atoms with Crippen LogP contribution in [-0.4, -0.2) is 108 Å². The lowest BCUT2D eigenvalue weighted by Crippen LogP contribution is -2.62. The van der Waals surface area contributed by atoms with Crippen LogP contribution in [0.1, 0.15) is 83.9 Å². The Kier molecular flexibility index (Phi) is 11.3. The summed E-state index contributed by atoms with van der Waals surface area (Å²) in [5, 5.41) is 7.18. The molecule has 4 N–H and O–H groups in total. The summed E-state index contributed by atoms with van der Waals surface area (Å²) in [6.45, 7) is 13.9. The van der Waals surface area contributed by atoms with E-state index in [1.807, 2.05) is 18.2 Å². The second-order valence-corrected chi connectivity index (χ2v) is 19.3. The van der Waals surface area contributed by atoms with Crippen molar-refractivity contribution in [1.82, 2.24) is 30.5 Å². The normalized spacial score (nSPS) is 28.6. The third-order valence-corrected chi connectivity index (χ3v) is 12.4. The summed E-state index contributed by atoms with van der Waals surface area (Å²) < 4.78 is 44.7. The van der Waals surface area contributed by atoms with Gasteiger partial charge in [-0.25, -0.2) is 18.0 Å². The molecule has 6 rings (SSSR count). The SMILES string of the molecule is C=C[C@@H]1C[C@]1(NC(=O)[C@@H]1C[C@@H]2CN1C(=O)[C@H](C(C)(C)C)NC(=O)[C@H](NC(=O)OC(C)(C)C)OC/C=C/c1cccc3c1CN(C3)C(=O)O2)C(=O)NS(=O)(=O)C1CC1. The maximum Gasteiger partial charge on any atom is 0.410 e. The van der Waals surface area contributed by atoms with E-state index < -0.39 is 98.0 Å². The Bertz CT molecular complexity index is 1980. The molecule has 5 aliphatic rings. The van der Waals surface area contributed by atoms with Gasteiger partial charge in [-0.05, 0) is 62.1 Å². The van der Waals surface area contributed by atoms with Crippen LogP contribution in [0.3, 0.4) is 0 Å². The van der Waals surface area contributed by atoms with Gasteiger partial charge in [0.05, 0.1) is 24.9 Å². The molecular weight excluding hydrogens is 761 g/mol. The van der Waals surface area contributed by atoms with E-state index in [0.717, 1.165) is 16.7 Å².